The van der Waals surface area contributed by atoms with Gasteiger partial charge in [-0.1, -0.05) is 13.8 Å². The van der Waals surface area contributed by atoms with Crippen LogP contribution in [0.15, 0.2) is 36.0 Å². The van der Waals surface area contributed by atoms with Crippen LogP contribution in [-0.2, 0) is 0 Å². The molecule has 0 aromatic heterocycles. The minimum Gasteiger partial charge on any atom is -0.497 e. The van der Waals surface area contributed by atoms with E-state index < -0.39 is 0 Å². The van der Waals surface area contributed by atoms with E-state index in [1.165, 1.54) is 6.08 Å². The lowest BCUT2D eigenvalue weighted by Crippen LogP contribution is -2.08. The van der Waals surface area contributed by atoms with Gasteiger partial charge in [0.2, 0.25) is 0 Å². The van der Waals surface area contributed by atoms with E-state index in [0.717, 1.165) is 5.75 Å². The Morgan fingerprint density at radius 3 is 2.31 bits per heavy atom. The van der Waals surface area contributed by atoms with Crippen molar-refractivity contribution >= 4 is 5.78 Å². The Kier molecular flexibility index (Phi) is 4.11. The van der Waals surface area contributed by atoms with Gasteiger partial charge in [-0.25, -0.2) is 0 Å². The summed E-state index contributed by atoms with van der Waals surface area (Å²) in [5.41, 5.74) is 6.94. The van der Waals surface area contributed by atoms with Crippen molar-refractivity contribution in [2.45, 2.75) is 13.8 Å². The summed E-state index contributed by atoms with van der Waals surface area (Å²) in [6.07, 6.45) is 1.48. The molecular weight excluding hydrogens is 202 g/mol. The molecule has 1 aromatic carbocycles. The molecule has 0 amide bonds. The first kappa shape index (κ1) is 12.3. The zero-order valence-corrected chi connectivity index (χ0v) is 9.86. The number of methoxy groups -OCH3 is 1. The number of hydrogen-bond acceptors (Lipinski definition) is 3. The number of carbonyl (C=O) groups excluding carboxylic acids is 1. The number of carbonyl (C=O) groups is 1. The Morgan fingerprint density at radius 1 is 1.31 bits per heavy atom. The van der Waals surface area contributed by atoms with E-state index in [0.29, 0.717) is 11.3 Å². The van der Waals surface area contributed by atoms with E-state index in [1.54, 1.807) is 31.4 Å². The summed E-state index contributed by atoms with van der Waals surface area (Å²) in [7, 11) is 1.59. The van der Waals surface area contributed by atoms with Crippen LogP contribution in [0.25, 0.3) is 0 Å². The van der Waals surface area contributed by atoms with Crippen LogP contribution >= 0.6 is 0 Å². The molecule has 0 spiro atoms. The topological polar surface area (TPSA) is 52.3 Å². The monoisotopic (exact) mass is 219 g/mol. The molecule has 3 nitrogen and oxygen atoms in total. The first-order valence-electron chi connectivity index (χ1n) is 5.20. The van der Waals surface area contributed by atoms with Gasteiger partial charge < -0.3 is 10.5 Å². The number of ketones is 1. The molecule has 3 heteroatoms. The summed E-state index contributed by atoms with van der Waals surface area (Å²) < 4.78 is 5.02. The highest BCUT2D eigenvalue weighted by Gasteiger charge is 2.05. The van der Waals surface area contributed by atoms with Crippen LogP contribution in [0.5, 0.6) is 5.75 Å². The molecule has 2 N–H and O–H groups in total. The van der Waals surface area contributed by atoms with Gasteiger partial charge in [0, 0.05) is 17.3 Å². The Balaban J connectivity index is 2.85. The predicted molar refractivity (Wildman–Crippen MR) is 64.4 cm³/mol. The largest absolute Gasteiger partial charge is 0.497 e. The van der Waals surface area contributed by atoms with Crippen molar-refractivity contribution in [1.29, 1.82) is 0 Å². The lowest BCUT2D eigenvalue weighted by molar-refractivity contribution is 0.104. The summed E-state index contributed by atoms with van der Waals surface area (Å²) in [6.45, 7) is 3.90. The summed E-state index contributed by atoms with van der Waals surface area (Å²) in [4.78, 5) is 11.8. The van der Waals surface area contributed by atoms with Crippen molar-refractivity contribution in [3.8, 4) is 5.75 Å². The second-order valence-electron chi connectivity index (χ2n) is 3.89. The van der Waals surface area contributed by atoms with Gasteiger partial charge in [-0.2, -0.15) is 0 Å². The number of ether oxygens (including phenoxy) is 1. The second-order valence-corrected chi connectivity index (χ2v) is 3.89. The van der Waals surface area contributed by atoms with Gasteiger partial charge in [0.1, 0.15) is 5.75 Å². The van der Waals surface area contributed by atoms with E-state index in [-0.39, 0.29) is 11.7 Å². The van der Waals surface area contributed by atoms with Crippen LogP contribution in [0.1, 0.15) is 24.2 Å². The highest BCUT2D eigenvalue weighted by atomic mass is 16.5. The maximum atomic E-state index is 11.8. The van der Waals surface area contributed by atoms with Gasteiger partial charge in [-0.15, -0.1) is 0 Å². The first-order chi connectivity index (χ1) is 7.54. The minimum absolute atomic E-state index is 0.0751. The van der Waals surface area contributed by atoms with E-state index in [2.05, 4.69) is 0 Å². The SMILES string of the molecule is COc1ccc(C(=O)/C=C(\N)C(C)C)cc1. The third kappa shape index (κ3) is 3.12. The van der Waals surface area contributed by atoms with Crippen LogP contribution < -0.4 is 10.5 Å². The molecule has 0 atom stereocenters. The zero-order valence-electron chi connectivity index (χ0n) is 9.86. The zero-order chi connectivity index (χ0) is 12.1. The van der Waals surface area contributed by atoms with E-state index in [4.69, 9.17) is 10.5 Å². The van der Waals surface area contributed by atoms with Crippen molar-refractivity contribution in [1.82, 2.24) is 0 Å². The summed E-state index contributed by atoms with van der Waals surface area (Å²) in [6, 6.07) is 6.97. The number of hydrogen-bond donors (Lipinski definition) is 1. The molecule has 0 bridgehead atoms. The molecule has 0 fully saturated rings. The fourth-order valence-electron chi connectivity index (χ4n) is 1.16. The number of rotatable bonds is 4. The van der Waals surface area contributed by atoms with Gasteiger partial charge in [0.05, 0.1) is 7.11 Å². The fraction of sp³-hybridized carbons (Fsp3) is 0.308. The van der Waals surface area contributed by atoms with Gasteiger partial charge in [0.15, 0.2) is 5.78 Å². The molecule has 0 saturated heterocycles. The Morgan fingerprint density at radius 2 is 1.88 bits per heavy atom. The lowest BCUT2D eigenvalue weighted by Gasteiger charge is -2.04. The molecule has 0 aliphatic rings. The highest BCUT2D eigenvalue weighted by Crippen LogP contribution is 2.13. The van der Waals surface area contributed by atoms with Gasteiger partial charge in [0.25, 0.3) is 0 Å². The molecule has 0 radical (unpaired) electrons. The van der Waals surface area contributed by atoms with Crippen LogP contribution in [0, 0.1) is 5.92 Å². The maximum absolute atomic E-state index is 11.8. The van der Waals surface area contributed by atoms with Gasteiger partial charge in [-0.05, 0) is 30.2 Å². The third-order valence-corrected chi connectivity index (χ3v) is 2.34. The molecule has 1 rings (SSSR count). The quantitative estimate of drug-likeness (QED) is 0.624. The fourth-order valence-corrected chi connectivity index (χ4v) is 1.16. The molecule has 0 aliphatic heterocycles. The van der Waals surface area contributed by atoms with Crippen LogP contribution in [0.4, 0.5) is 0 Å². The molecule has 86 valence electrons. The van der Waals surface area contributed by atoms with E-state index in [9.17, 15) is 4.79 Å². The third-order valence-electron chi connectivity index (χ3n) is 2.34. The molecule has 16 heavy (non-hydrogen) atoms. The maximum Gasteiger partial charge on any atom is 0.187 e. The highest BCUT2D eigenvalue weighted by molar-refractivity contribution is 6.04. The summed E-state index contributed by atoms with van der Waals surface area (Å²) in [5, 5.41) is 0. The summed E-state index contributed by atoms with van der Waals surface area (Å²) in [5.74, 6) is 0.841. The van der Waals surface area contributed by atoms with Gasteiger partial charge in [-0.3, -0.25) is 4.79 Å². The first-order valence-corrected chi connectivity index (χ1v) is 5.20. The Labute approximate surface area is 95.9 Å². The smallest absolute Gasteiger partial charge is 0.187 e. The normalized spacial score (nSPS) is 11.6. The predicted octanol–water partition coefficient (Wildman–Crippen LogP) is 2.38. The lowest BCUT2D eigenvalue weighted by atomic mass is 10.1. The molecule has 0 saturated carbocycles. The Bertz CT molecular complexity index is 391. The van der Waals surface area contributed by atoms with Gasteiger partial charge >= 0.3 is 0 Å². The van der Waals surface area contributed by atoms with E-state index in [1.807, 2.05) is 13.8 Å². The van der Waals surface area contributed by atoms with Crippen LogP contribution in [0.3, 0.4) is 0 Å². The standard InChI is InChI=1S/C13H17NO2/c1-9(2)12(14)8-13(15)10-4-6-11(16-3)7-5-10/h4-9H,14H2,1-3H3/b12-8-. The van der Waals surface area contributed by atoms with Crippen molar-refractivity contribution in [3.05, 3.63) is 41.6 Å². The molecule has 0 heterocycles. The minimum atomic E-state index is -0.0751. The van der Waals surface area contributed by atoms with Crippen molar-refractivity contribution in [2.24, 2.45) is 11.7 Å². The van der Waals surface area contributed by atoms with Crippen molar-refractivity contribution in [2.75, 3.05) is 7.11 Å². The number of benzene rings is 1. The van der Waals surface area contributed by atoms with Crippen molar-refractivity contribution in [3.63, 3.8) is 0 Å². The second kappa shape index (κ2) is 5.35. The van der Waals surface area contributed by atoms with E-state index >= 15 is 0 Å². The summed E-state index contributed by atoms with van der Waals surface area (Å²) >= 11 is 0. The van der Waals surface area contributed by atoms with Crippen LogP contribution in [0.2, 0.25) is 0 Å². The molecule has 1 aromatic rings. The van der Waals surface area contributed by atoms with Crippen LogP contribution in [-0.4, -0.2) is 12.9 Å². The number of allylic oxidation sites excluding steroid dienone is 2. The molecule has 0 aliphatic carbocycles. The molecule has 0 unspecified atom stereocenters. The average Bonchev–Trinajstić information content (AvgIpc) is 2.28. The average molecular weight is 219 g/mol. The molecular formula is C13H17NO2. The Hall–Kier alpha value is -1.77. The number of nitrogens with two attached hydrogens (primary N) is 1. The van der Waals surface area contributed by atoms with Crippen molar-refractivity contribution < 1.29 is 9.53 Å².